The Morgan fingerprint density at radius 3 is 2.45 bits per heavy atom. The lowest BCUT2D eigenvalue weighted by Gasteiger charge is -2.06. The van der Waals surface area contributed by atoms with Gasteiger partial charge >= 0.3 is 0 Å². The highest BCUT2D eigenvalue weighted by Crippen LogP contribution is 2.26. The number of fused-ring (bicyclic) bond motifs is 1. The Kier molecular flexibility index (Phi) is 2.99. The van der Waals surface area contributed by atoms with Crippen molar-refractivity contribution in [1.82, 2.24) is 4.40 Å². The van der Waals surface area contributed by atoms with E-state index >= 15 is 0 Å². The molecule has 0 amide bonds. The van der Waals surface area contributed by atoms with Crippen molar-refractivity contribution in [3.63, 3.8) is 0 Å². The van der Waals surface area contributed by atoms with Gasteiger partial charge in [-0.15, -0.1) is 0 Å². The van der Waals surface area contributed by atoms with Crippen LogP contribution in [0.25, 0.3) is 11.1 Å². The number of carbonyl (C=O) groups excluding carboxylic acids is 1. The highest BCUT2D eigenvalue weighted by molar-refractivity contribution is 6.02. The SMILES string of the molecule is C=C(c1ccccc1)c1cc(C(C)=O)c2ccccn12. The second kappa shape index (κ2) is 4.82. The molecule has 0 bridgehead atoms. The Morgan fingerprint density at radius 2 is 1.75 bits per heavy atom. The van der Waals surface area contributed by atoms with E-state index < -0.39 is 0 Å². The normalized spacial score (nSPS) is 10.7. The Balaban J connectivity index is 2.22. The van der Waals surface area contributed by atoms with E-state index in [1.807, 2.05) is 65.2 Å². The minimum Gasteiger partial charge on any atom is -0.316 e. The summed E-state index contributed by atoms with van der Waals surface area (Å²) in [4.78, 5) is 11.8. The number of aromatic nitrogens is 1. The monoisotopic (exact) mass is 261 g/mol. The summed E-state index contributed by atoms with van der Waals surface area (Å²) in [5.41, 5.74) is 4.59. The van der Waals surface area contributed by atoms with Gasteiger partial charge in [0.05, 0.1) is 11.2 Å². The van der Waals surface area contributed by atoms with Gasteiger partial charge in [0.25, 0.3) is 0 Å². The van der Waals surface area contributed by atoms with E-state index in [2.05, 4.69) is 6.58 Å². The summed E-state index contributed by atoms with van der Waals surface area (Å²) in [6.45, 7) is 5.78. The van der Waals surface area contributed by atoms with Crippen LogP contribution in [0.15, 0.2) is 67.4 Å². The highest BCUT2D eigenvalue weighted by Gasteiger charge is 2.14. The van der Waals surface area contributed by atoms with E-state index in [1.54, 1.807) is 6.92 Å². The zero-order valence-corrected chi connectivity index (χ0v) is 11.3. The average molecular weight is 261 g/mol. The standard InChI is InChI=1S/C18H15NO/c1-13(15-8-4-3-5-9-15)18-12-16(14(2)20)17-10-6-7-11-19(17)18/h3-12H,1H2,2H3. The predicted octanol–water partition coefficient (Wildman–Crippen LogP) is 4.20. The Hall–Kier alpha value is -2.61. The molecule has 98 valence electrons. The summed E-state index contributed by atoms with van der Waals surface area (Å²) in [5, 5.41) is 0. The molecule has 0 saturated carbocycles. The first kappa shape index (κ1) is 12.4. The van der Waals surface area contributed by atoms with Crippen LogP contribution in [0, 0.1) is 0 Å². The summed E-state index contributed by atoms with van der Waals surface area (Å²) in [7, 11) is 0. The lowest BCUT2D eigenvalue weighted by Crippen LogP contribution is -1.92. The van der Waals surface area contributed by atoms with Gasteiger partial charge in [0.2, 0.25) is 0 Å². The molecule has 2 heterocycles. The summed E-state index contributed by atoms with van der Waals surface area (Å²) in [6, 6.07) is 17.8. The zero-order chi connectivity index (χ0) is 14.1. The number of Topliss-reactive ketones (excluding diaryl/α,β-unsaturated/α-hetero) is 1. The molecule has 0 spiro atoms. The molecule has 0 unspecified atom stereocenters. The number of pyridine rings is 1. The molecule has 1 aromatic carbocycles. The van der Waals surface area contributed by atoms with Gasteiger partial charge in [-0.05, 0) is 36.3 Å². The van der Waals surface area contributed by atoms with Crippen LogP contribution < -0.4 is 0 Å². The molecule has 0 fully saturated rings. The molecular formula is C18H15NO. The van der Waals surface area contributed by atoms with E-state index in [9.17, 15) is 4.79 Å². The van der Waals surface area contributed by atoms with Gasteiger partial charge in [-0.3, -0.25) is 4.79 Å². The van der Waals surface area contributed by atoms with Crippen molar-refractivity contribution in [2.24, 2.45) is 0 Å². The van der Waals surface area contributed by atoms with Crippen LogP contribution in [0.2, 0.25) is 0 Å². The Labute approximate surface area is 118 Å². The fourth-order valence-electron chi connectivity index (χ4n) is 2.45. The molecule has 2 heteroatoms. The van der Waals surface area contributed by atoms with E-state index in [0.717, 1.165) is 27.9 Å². The van der Waals surface area contributed by atoms with Gasteiger partial charge in [0.15, 0.2) is 5.78 Å². The zero-order valence-electron chi connectivity index (χ0n) is 11.3. The first-order valence-electron chi connectivity index (χ1n) is 6.54. The van der Waals surface area contributed by atoms with Crippen molar-refractivity contribution < 1.29 is 4.79 Å². The number of rotatable bonds is 3. The lowest BCUT2D eigenvalue weighted by atomic mass is 10.0. The van der Waals surface area contributed by atoms with Crippen LogP contribution in [-0.4, -0.2) is 10.2 Å². The van der Waals surface area contributed by atoms with Crippen LogP contribution in [0.5, 0.6) is 0 Å². The second-order valence-electron chi connectivity index (χ2n) is 4.80. The molecule has 0 aliphatic rings. The van der Waals surface area contributed by atoms with Crippen molar-refractivity contribution in [2.45, 2.75) is 6.92 Å². The smallest absolute Gasteiger partial charge is 0.161 e. The van der Waals surface area contributed by atoms with Gasteiger partial charge in [0.1, 0.15) is 0 Å². The molecule has 0 aliphatic carbocycles. The third kappa shape index (κ3) is 1.95. The van der Waals surface area contributed by atoms with Gasteiger partial charge in [0, 0.05) is 11.8 Å². The number of hydrogen-bond donors (Lipinski definition) is 0. The maximum absolute atomic E-state index is 11.8. The molecular weight excluding hydrogens is 246 g/mol. The first-order valence-corrected chi connectivity index (χ1v) is 6.54. The van der Waals surface area contributed by atoms with Gasteiger partial charge < -0.3 is 4.40 Å². The summed E-state index contributed by atoms with van der Waals surface area (Å²) in [5.74, 6) is 0.0702. The molecule has 3 aromatic rings. The molecule has 3 rings (SSSR count). The van der Waals surface area contributed by atoms with Crippen molar-refractivity contribution in [2.75, 3.05) is 0 Å². The third-order valence-electron chi connectivity index (χ3n) is 3.49. The third-order valence-corrected chi connectivity index (χ3v) is 3.49. The molecule has 0 atom stereocenters. The molecule has 2 aromatic heterocycles. The van der Waals surface area contributed by atoms with Crippen LogP contribution in [0.3, 0.4) is 0 Å². The van der Waals surface area contributed by atoms with Crippen molar-refractivity contribution in [3.05, 3.63) is 84.2 Å². The quantitative estimate of drug-likeness (QED) is 0.647. The molecule has 0 N–H and O–H groups in total. The van der Waals surface area contributed by atoms with Crippen molar-refractivity contribution in [3.8, 4) is 0 Å². The molecule has 0 radical (unpaired) electrons. The van der Waals surface area contributed by atoms with Crippen molar-refractivity contribution in [1.29, 1.82) is 0 Å². The number of benzene rings is 1. The van der Waals surface area contributed by atoms with E-state index in [0.29, 0.717) is 0 Å². The lowest BCUT2D eigenvalue weighted by molar-refractivity contribution is 0.101. The maximum atomic E-state index is 11.8. The minimum absolute atomic E-state index is 0.0702. The largest absolute Gasteiger partial charge is 0.316 e. The van der Waals surface area contributed by atoms with Gasteiger partial charge in [-0.2, -0.15) is 0 Å². The predicted molar refractivity (Wildman–Crippen MR) is 82.0 cm³/mol. The molecule has 20 heavy (non-hydrogen) atoms. The van der Waals surface area contributed by atoms with E-state index in [-0.39, 0.29) is 5.78 Å². The first-order chi connectivity index (χ1) is 9.68. The number of hydrogen-bond acceptors (Lipinski definition) is 1. The Morgan fingerprint density at radius 1 is 1.05 bits per heavy atom. The van der Waals surface area contributed by atoms with Crippen LogP contribution in [0.1, 0.15) is 28.5 Å². The Bertz CT molecular complexity index is 797. The summed E-state index contributed by atoms with van der Waals surface area (Å²) in [6.07, 6.45) is 1.96. The van der Waals surface area contributed by atoms with E-state index in [1.165, 1.54) is 0 Å². The fraction of sp³-hybridized carbons (Fsp3) is 0.0556. The fourth-order valence-corrected chi connectivity index (χ4v) is 2.45. The van der Waals surface area contributed by atoms with Crippen molar-refractivity contribution >= 4 is 16.9 Å². The van der Waals surface area contributed by atoms with Crippen LogP contribution in [0.4, 0.5) is 0 Å². The highest BCUT2D eigenvalue weighted by atomic mass is 16.1. The summed E-state index contributed by atoms with van der Waals surface area (Å²) >= 11 is 0. The van der Waals surface area contributed by atoms with Crippen LogP contribution in [-0.2, 0) is 0 Å². The number of ketones is 1. The number of nitrogens with zero attached hydrogens (tertiary/aromatic N) is 1. The maximum Gasteiger partial charge on any atom is 0.161 e. The van der Waals surface area contributed by atoms with Gasteiger partial charge in [-0.25, -0.2) is 0 Å². The molecule has 0 saturated heterocycles. The minimum atomic E-state index is 0.0702. The molecule has 0 aliphatic heterocycles. The van der Waals surface area contributed by atoms with Crippen LogP contribution >= 0.6 is 0 Å². The second-order valence-corrected chi connectivity index (χ2v) is 4.80. The molecule has 2 nitrogen and oxygen atoms in total. The van der Waals surface area contributed by atoms with E-state index in [4.69, 9.17) is 0 Å². The average Bonchev–Trinajstić information content (AvgIpc) is 2.87. The van der Waals surface area contributed by atoms with Gasteiger partial charge in [-0.1, -0.05) is 43.0 Å². The topological polar surface area (TPSA) is 21.5 Å². The summed E-state index contributed by atoms with van der Waals surface area (Å²) < 4.78 is 2.02. The number of carbonyl (C=O) groups is 1.